The number of phenolic OH excluding ortho intramolecular Hbond substituents is 2. The van der Waals surface area contributed by atoms with Gasteiger partial charge in [-0.3, -0.25) is 58.3 Å². The molecule has 0 spiro atoms. The van der Waals surface area contributed by atoms with Crippen molar-refractivity contribution in [3.63, 3.8) is 0 Å². The Morgan fingerprint density at radius 1 is 0.714 bits per heavy atom. The second-order valence-electron chi connectivity index (χ2n) is 20.2. The van der Waals surface area contributed by atoms with Crippen LogP contribution in [0, 0.1) is 10.1 Å². The molecule has 2 heterocycles. The van der Waals surface area contributed by atoms with E-state index in [1.807, 2.05) is 0 Å². The molecule has 2 aliphatic heterocycles. The molecule has 28 heteroatoms. The number of aliphatic imine (C=N–C) groups is 1. The molecular weight excluding hydrogens is 1130 g/mol. The van der Waals surface area contributed by atoms with Crippen molar-refractivity contribution in [1.82, 2.24) is 42.5 Å². The average Bonchev–Trinajstić information content (AvgIpc) is 3.90. The van der Waals surface area contributed by atoms with Crippen molar-refractivity contribution in [1.29, 1.82) is 0 Å². The summed E-state index contributed by atoms with van der Waals surface area (Å²) in [6.45, 7) is 2.56. The molecule has 84 heavy (non-hydrogen) atoms. The third-order valence-electron chi connectivity index (χ3n) is 13.6. The number of nitro benzene ring substituents is 1. The monoisotopic (exact) mass is 1200 g/mol. The second-order valence-corrected chi connectivity index (χ2v) is 22.7. The van der Waals surface area contributed by atoms with E-state index in [0.29, 0.717) is 28.8 Å². The number of hydrogen-bond donors (Lipinski definition) is 13. The molecule has 4 aromatic rings. The predicted molar refractivity (Wildman–Crippen MR) is 312 cm³/mol. The standard InChI is InChI=1S/C56H68N12O14S2/c1-30(69)48-56(80)66-47(54(78)62-42(49(58)73)23-33-12-18-37(71)19-13-33)29-84-83-28-46(65-51(75)43(60-31(2)70)24-32-10-16-36(17-11-32)68(81)82)55(79)63-44(25-34-14-20-38(72)21-15-34)52(76)64-45(26-35-27-59-40-8-4-3-7-39(35)40)53(77)61-41(50(74)67-48)9-5-6-22-57/h3-4,7-8,10-21,27,30,35,41-48,69,71-72H,5-6,9,22-26,28-29,57H2,1-2H3,(H2,58,73)(H,60,70)(H,61,77)(H,62,78)(H,63,79)(H,64,76)(H,65,75)(H,66,80)(H,67,74). The fraction of sp³-hybridized carbons (Fsp3) is 0.393. The number of primary amides is 1. The van der Waals surface area contributed by atoms with Crippen LogP contribution in [0.3, 0.4) is 0 Å². The number of unbranched alkanes of at least 4 members (excludes halogenated alkanes) is 1. The van der Waals surface area contributed by atoms with Gasteiger partial charge in [0.1, 0.15) is 59.8 Å². The van der Waals surface area contributed by atoms with Gasteiger partial charge in [-0.1, -0.05) is 76.2 Å². The molecule has 9 amide bonds. The van der Waals surface area contributed by atoms with E-state index >= 15 is 0 Å². The lowest BCUT2D eigenvalue weighted by molar-refractivity contribution is -0.384. The van der Waals surface area contributed by atoms with Crippen LogP contribution >= 0.6 is 21.6 Å². The number of phenols is 2. The number of nitro groups is 1. The molecule has 2 aliphatic rings. The number of aromatic hydroxyl groups is 2. The summed E-state index contributed by atoms with van der Waals surface area (Å²) < 4.78 is 0. The highest BCUT2D eigenvalue weighted by Crippen LogP contribution is 2.34. The van der Waals surface area contributed by atoms with E-state index in [1.54, 1.807) is 30.5 Å². The summed E-state index contributed by atoms with van der Waals surface area (Å²) in [5, 5.41) is 63.5. The summed E-state index contributed by atoms with van der Waals surface area (Å²) in [7, 11) is 1.80. The molecule has 0 aromatic heterocycles. The quantitative estimate of drug-likeness (QED) is 0.0243. The molecule has 10 unspecified atom stereocenters. The zero-order valence-corrected chi connectivity index (χ0v) is 47.5. The van der Waals surface area contributed by atoms with E-state index in [-0.39, 0.29) is 73.8 Å². The summed E-state index contributed by atoms with van der Waals surface area (Å²) in [6.07, 6.45) is -0.136. The van der Waals surface area contributed by atoms with Gasteiger partial charge in [0.2, 0.25) is 53.2 Å². The summed E-state index contributed by atoms with van der Waals surface area (Å²) in [4.78, 5) is 143. The number of carbonyl (C=O) groups excluding carboxylic acids is 9. The Morgan fingerprint density at radius 2 is 1.29 bits per heavy atom. The summed E-state index contributed by atoms with van der Waals surface area (Å²) in [5.41, 5.74) is 14.0. The van der Waals surface area contributed by atoms with Gasteiger partial charge in [-0.05, 0) is 91.7 Å². The lowest BCUT2D eigenvalue weighted by atomic mass is 9.93. The Bertz CT molecular complexity index is 3050. The number of amides is 9. The highest BCUT2D eigenvalue weighted by atomic mass is 33.1. The third kappa shape index (κ3) is 19.2. The first-order chi connectivity index (χ1) is 40.1. The van der Waals surface area contributed by atoms with E-state index in [0.717, 1.165) is 34.1 Å². The van der Waals surface area contributed by atoms with Gasteiger partial charge in [0.15, 0.2) is 0 Å². The summed E-state index contributed by atoms with van der Waals surface area (Å²) >= 11 is 0. The van der Waals surface area contributed by atoms with E-state index in [1.165, 1.54) is 79.7 Å². The molecule has 448 valence electrons. The first-order valence-electron chi connectivity index (χ1n) is 26.8. The minimum Gasteiger partial charge on any atom is -0.508 e. The highest BCUT2D eigenvalue weighted by molar-refractivity contribution is 8.76. The number of nitrogens with two attached hydrogens (primary N) is 2. The van der Waals surface area contributed by atoms with Crippen molar-refractivity contribution >= 4 is 92.3 Å². The lowest BCUT2D eigenvalue weighted by Crippen LogP contribution is -2.62. The maximum absolute atomic E-state index is 14.9. The summed E-state index contributed by atoms with van der Waals surface area (Å²) in [6, 6.07) is 11.6. The minimum absolute atomic E-state index is 0.0466. The normalized spacial score (nSPS) is 21.8. The molecule has 26 nitrogen and oxygen atoms in total. The zero-order valence-electron chi connectivity index (χ0n) is 45.9. The predicted octanol–water partition coefficient (Wildman–Crippen LogP) is 0.212. The number of aliphatic hydroxyl groups excluding tert-OH is 1. The Kier molecular flexibility index (Phi) is 24.0. The lowest BCUT2D eigenvalue weighted by Gasteiger charge is -2.29. The van der Waals surface area contributed by atoms with Gasteiger partial charge in [0.25, 0.3) is 5.69 Å². The molecule has 1 fully saturated rings. The van der Waals surface area contributed by atoms with E-state index in [9.17, 15) is 68.6 Å². The molecule has 0 saturated carbocycles. The number of carbonyl (C=O) groups is 9. The van der Waals surface area contributed by atoms with Crippen LogP contribution in [0.15, 0.2) is 102 Å². The van der Waals surface area contributed by atoms with Gasteiger partial charge in [0.05, 0.1) is 16.7 Å². The second kappa shape index (κ2) is 31.2. The maximum Gasteiger partial charge on any atom is 0.269 e. The maximum atomic E-state index is 14.9. The Morgan fingerprint density at radius 3 is 1.90 bits per heavy atom. The van der Waals surface area contributed by atoms with Gasteiger partial charge < -0.3 is 69.3 Å². The Balaban J connectivity index is 1.41. The van der Waals surface area contributed by atoms with Crippen LogP contribution in [-0.4, -0.2) is 152 Å². The van der Waals surface area contributed by atoms with Crippen molar-refractivity contribution in [3.8, 4) is 11.5 Å². The van der Waals surface area contributed by atoms with Crippen LogP contribution in [0.25, 0.3) is 0 Å². The number of para-hydroxylation sites is 1. The summed E-state index contributed by atoms with van der Waals surface area (Å²) in [5.74, 6) is -9.66. The van der Waals surface area contributed by atoms with Crippen LogP contribution < -0.4 is 54.0 Å². The van der Waals surface area contributed by atoms with Crippen LogP contribution in [0.1, 0.15) is 67.7 Å². The Labute approximate surface area is 490 Å². The molecule has 0 radical (unpaired) electrons. The number of aliphatic hydroxyl groups is 1. The number of nitrogens with zero attached hydrogens (tertiary/aromatic N) is 2. The van der Waals surface area contributed by atoms with Crippen LogP contribution in [0.2, 0.25) is 0 Å². The SMILES string of the molecule is CC(=O)NC(Cc1ccc([N+](=O)[O-])cc1)C(=O)NC1CSSCC(C(=O)NC(Cc2ccc(O)cc2)C(N)=O)NC(=O)C(C(C)O)NC(=O)C(CCCCN)NC(=O)C(CC2C=Nc3ccccc32)NC(=O)C(Cc2ccc(O)cc2)NC1=O. The van der Waals surface area contributed by atoms with Crippen LogP contribution in [0.4, 0.5) is 11.4 Å². The molecule has 1 saturated heterocycles. The number of rotatable bonds is 20. The number of benzene rings is 4. The van der Waals surface area contributed by atoms with Crippen LogP contribution in [0.5, 0.6) is 11.5 Å². The third-order valence-corrected chi connectivity index (χ3v) is 16.1. The zero-order chi connectivity index (χ0) is 61.0. The van der Waals surface area contributed by atoms with Crippen molar-refractivity contribution in [3.05, 3.63) is 129 Å². The van der Waals surface area contributed by atoms with E-state index in [2.05, 4.69) is 47.5 Å². The van der Waals surface area contributed by atoms with Gasteiger partial charge in [0, 0.05) is 62.0 Å². The van der Waals surface area contributed by atoms with Crippen molar-refractivity contribution in [2.45, 2.75) is 119 Å². The highest BCUT2D eigenvalue weighted by Gasteiger charge is 2.38. The molecule has 0 aliphatic carbocycles. The number of fused-ring (bicyclic) bond motifs is 1. The number of non-ortho nitro benzene ring substituents is 1. The van der Waals surface area contributed by atoms with Gasteiger partial charge in [-0.15, -0.1) is 0 Å². The number of hydrogen-bond acceptors (Lipinski definition) is 18. The molecule has 10 atom stereocenters. The molecule has 15 N–H and O–H groups in total. The van der Waals surface area contributed by atoms with E-state index in [4.69, 9.17) is 11.5 Å². The van der Waals surface area contributed by atoms with Gasteiger partial charge in [-0.25, -0.2) is 0 Å². The fourth-order valence-corrected chi connectivity index (χ4v) is 11.4. The minimum atomic E-state index is -1.78. The van der Waals surface area contributed by atoms with Crippen LogP contribution in [-0.2, 0) is 62.4 Å². The number of nitrogens with one attached hydrogen (secondary N) is 8. The smallest absolute Gasteiger partial charge is 0.269 e. The van der Waals surface area contributed by atoms with Crippen molar-refractivity contribution in [2.75, 3.05) is 18.1 Å². The first kappa shape index (κ1) is 64.6. The van der Waals surface area contributed by atoms with Gasteiger partial charge in [-0.2, -0.15) is 0 Å². The first-order valence-corrected chi connectivity index (χ1v) is 29.3. The van der Waals surface area contributed by atoms with Crippen molar-refractivity contribution < 1.29 is 63.4 Å². The Hall–Kier alpha value is -8.60. The average molecular weight is 1200 g/mol. The van der Waals surface area contributed by atoms with Gasteiger partial charge >= 0.3 is 0 Å². The molecular formula is C56H68N12O14S2. The van der Waals surface area contributed by atoms with E-state index < -0.39 is 118 Å². The topological polar surface area (TPSA) is 418 Å². The largest absolute Gasteiger partial charge is 0.508 e. The van der Waals surface area contributed by atoms with Crippen molar-refractivity contribution in [2.24, 2.45) is 16.5 Å². The molecule has 0 bridgehead atoms. The fourth-order valence-electron chi connectivity index (χ4n) is 9.10. The molecule has 6 rings (SSSR count). The molecule has 4 aromatic carbocycles.